The molecule has 2 unspecified atom stereocenters. The normalized spacial score (nSPS) is 17.4. The molecule has 2 heterocycles. The first kappa shape index (κ1) is 18.9. The maximum absolute atomic E-state index is 13.2. The van der Waals surface area contributed by atoms with E-state index in [2.05, 4.69) is 17.2 Å². The molecule has 0 spiro atoms. The quantitative estimate of drug-likeness (QED) is 0.715. The van der Waals surface area contributed by atoms with Crippen molar-refractivity contribution in [3.63, 3.8) is 0 Å². The van der Waals surface area contributed by atoms with Crippen LogP contribution in [0.4, 0.5) is 5.69 Å². The minimum absolute atomic E-state index is 0.111. The molecular weight excluding hydrogens is 370 g/mol. The predicted molar refractivity (Wildman–Crippen MR) is 114 cm³/mol. The van der Waals surface area contributed by atoms with Gasteiger partial charge in [0.1, 0.15) is 10.9 Å². The van der Waals surface area contributed by atoms with Gasteiger partial charge in [-0.15, -0.1) is 11.3 Å². The molecule has 2 aromatic heterocycles. The van der Waals surface area contributed by atoms with E-state index in [1.807, 2.05) is 32.0 Å². The van der Waals surface area contributed by atoms with Gasteiger partial charge in [-0.05, 0) is 63.1 Å². The highest BCUT2D eigenvalue weighted by atomic mass is 32.1. The van der Waals surface area contributed by atoms with Gasteiger partial charge in [-0.2, -0.15) is 0 Å². The van der Waals surface area contributed by atoms with E-state index in [1.165, 1.54) is 15.8 Å². The highest BCUT2D eigenvalue weighted by molar-refractivity contribution is 7.18. The van der Waals surface area contributed by atoms with E-state index < -0.39 is 6.04 Å². The molecule has 1 aliphatic carbocycles. The molecule has 1 aliphatic rings. The van der Waals surface area contributed by atoms with Crippen LogP contribution >= 0.6 is 11.3 Å². The topological polar surface area (TPSA) is 64.0 Å². The first-order valence-electron chi connectivity index (χ1n) is 9.74. The number of rotatable bonds is 3. The van der Waals surface area contributed by atoms with Crippen LogP contribution < -0.4 is 10.9 Å². The zero-order valence-corrected chi connectivity index (χ0v) is 17.5. The number of anilines is 1. The molecule has 146 valence electrons. The third-order valence-electron chi connectivity index (χ3n) is 5.68. The van der Waals surface area contributed by atoms with Crippen LogP contribution in [0, 0.1) is 19.8 Å². The number of amides is 1. The van der Waals surface area contributed by atoms with Gasteiger partial charge in [0.2, 0.25) is 5.91 Å². The van der Waals surface area contributed by atoms with Gasteiger partial charge >= 0.3 is 0 Å². The van der Waals surface area contributed by atoms with Crippen LogP contribution in [0.15, 0.2) is 29.3 Å². The second-order valence-corrected chi connectivity index (χ2v) is 9.06. The Labute approximate surface area is 168 Å². The van der Waals surface area contributed by atoms with Crippen molar-refractivity contribution >= 4 is 33.1 Å². The maximum atomic E-state index is 13.2. The molecule has 6 heteroatoms. The third kappa shape index (κ3) is 3.26. The largest absolute Gasteiger partial charge is 0.324 e. The number of fused-ring (bicyclic) bond motifs is 3. The van der Waals surface area contributed by atoms with Gasteiger partial charge in [0.05, 0.1) is 11.7 Å². The Hall–Kier alpha value is -2.47. The van der Waals surface area contributed by atoms with Gasteiger partial charge in [0.25, 0.3) is 5.56 Å². The number of nitrogens with zero attached hydrogens (tertiary/aromatic N) is 2. The van der Waals surface area contributed by atoms with Gasteiger partial charge in [0.15, 0.2) is 0 Å². The summed E-state index contributed by atoms with van der Waals surface area (Å²) in [5.41, 5.74) is 3.95. The van der Waals surface area contributed by atoms with Gasteiger partial charge in [0, 0.05) is 10.6 Å². The summed E-state index contributed by atoms with van der Waals surface area (Å²) in [5, 5.41) is 3.66. The van der Waals surface area contributed by atoms with Crippen LogP contribution in [0.3, 0.4) is 0 Å². The van der Waals surface area contributed by atoms with Crippen LogP contribution in [-0.4, -0.2) is 15.5 Å². The SMILES string of the molecule is Cc1ccc(NC(=O)C(C)n2cnc3sc4c(c3c2=O)CCC(C)C4)c(C)c1. The predicted octanol–water partition coefficient (Wildman–Crippen LogP) is 4.40. The first-order chi connectivity index (χ1) is 13.3. The Kier molecular flexibility index (Phi) is 4.83. The average molecular weight is 396 g/mol. The van der Waals surface area contributed by atoms with Gasteiger partial charge < -0.3 is 5.32 Å². The second-order valence-electron chi connectivity index (χ2n) is 7.97. The van der Waals surface area contributed by atoms with Crippen molar-refractivity contribution in [3.05, 3.63) is 56.4 Å². The summed E-state index contributed by atoms with van der Waals surface area (Å²) in [6, 6.07) is 5.25. The molecule has 1 N–H and O–H groups in total. The number of carbonyl (C=O) groups is 1. The molecular formula is C22H25N3O2S. The van der Waals surface area contributed by atoms with Crippen molar-refractivity contribution in [3.8, 4) is 0 Å². The fourth-order valence-electron chi connectivity index (χ4n) is 3.94. The summed E-state index contributed by atoms with van der Waals surface area (Å²) >= 11 is 1.63. The molecule has 0 aliphatic heterocycles. The van der Waals surface area contributed by atoms with E-state index in [4.69, 9.17) is 0 Å². The molecule has 2 atom stereocenters. The Balaban J connectivity index is 1.67. The Morgan fingerprint density at radius 3 is 2.89 bits per heavy atom. The monoisotopic (exact) mass is 395 g/mol. The highest BCUT2D eigenvalue weighted by Gasteiger charge is 2.25. The summed E-state index contributed by atoms with van der Waals surface area (Å²) in [4.78, 5) is 32.6. The molecule has 0 fully saturated rings. The second kappa shape index (κ2) is 7.17. The number of benzene rings is 1. The van der Waals surface area contributed by atoms with E-state index in [-0.39, 0.29) is 11.5 Å². The van der Waals surface area contributed by atoms with E-state index in [0.717, 1.165) is 46.5 Å². The molecule has 4 rings (SSSR count). The summed E-state index contributed by atoms with van der Waals surface area (Å²) in [5.74, 6) is 0.429. The fraction of sp³-hybridized carbons (Fsp3) is 0.409. The lowest BCUT2D eigenvalue weighted by molar-refractivity contribution is -0.118. The molecule has 0 bridgehead atoms. The van der Waals surface area contributed by atoms with E-state index in [1.54, 1.807) is 18.3 Å². The van der Waals surface area contributed by atoms with Gasteiger partial charge in [-0.1, -0.05) is 24.6 Å². The first-order valence-corrected chi connectivity index (χ1v) is 10.6. The number of thiophene rings is 1. The number of hydrogen-bond acceptors (Lipinski definition) is 4. The number of aryl methyl sites for hydroxylation is 3. The lowest BCUT2D eigenvalue weighted by Crippen LogP contribution is -2.32. The lowest BCUT2D eigenvalue weighted by Gasteiger charge is -2.18. The minimum Gasteiger partial charge on any atom is -0.324 e. The minimum atomic E-state index is -0.636. The average Bonchev–Trinajstić information content (AvgIpc) is 3.02. The van der Waals surface area contributed by atoms with Gasteiger partial charge in [-0.3, -0.25) is 14.2 Å². The van der Waals surface area contributed by atoms with Crippen molar-refractivity contribution in [1.82, 2.24) is 9.55 Å². The zero-order chi connectivity index (χ0) is 20.0. The molecule has 1 aromatic carbocycles. The number of nitrogens with one attached hydrogen (secondary N) is 1. The Morgan fingerprint density at radius 2 is 2.14 bits per heavy atom. The summed E-state index contributed by atoms with van der Waals surface area (Å²) in [6.07, 6.45) is 4.54. The van der Waals surface area contributed by atoms with Crippen molar-refractivity contribution in [1.29, 1.82) is 0 Å². The smallest absolute Gasteiger partial charge is 0.263 e. The molecule has 0 radical (unpaired) electrons. The van der Waals surface area contributed by atoms with Crippen LogP contribution in [-0.2, 0) is 17.6 Å². The molecule has 28 heavy (non-hydrogen) atoms. The number of aromatic nitrogens is 2. The fourth-order valence-corrected chi connectivity index (χ4v) is 5.28. The van der Waals surface area contributed by atoms with Gasteiger partial charge in [-0.25, -0.2) is 4.98 Å². The zero-order valence-electron chi connectivity index (χ0n) is 16.7. The lowest BCUT2D eigenvalue weighted by atomic mass is 9.89. The van der Waals surface area contributed by atoms with Crippen LogP contribution in [0.25, 0.3) is 10.2 Å². The standard InChI is InChI=1S/C22H25N3O2S/c1-12-6-8-17(14(3)9-12)24-20(26)15(4)25-11-23-21-19(22(25)27)16-7-5-13(2)10-18(16)28-21/h6,8-9,11,13,15H,5,7,10H2,1-4H3,(H,24,26). The van der Waals surface area contributed by atoms with Crippen molar-refractivity contribution in [2.45, 2.75) is 53.0 Å². The molecule has 0 saturated carbocycles. The molecule has 1 amide bonds. The maximum Gasteiger partial charge on any atom is 0.263 e. The molecule has 5 nitrogen and oxygen atoms in total. The molecule has 0 saturated heterocycles. The van der Waals surface area contributed by atoms with Crippen molar-refractivity contribution < 1.29 is 4.79 Å². The van der Waals surface area contributed by atoms with Crippen LogP contribution in [0.5, 0.6) is 0 Å². The van der Waals surface area contributed by atoms with Crippen molar-refractivity contribution in [2.75, 3.05) is 5.32 Å². The summed E-state index contributed by atoms with van der Waals surface area (Å²) in [7, 11) is 0. The number of carbonyl (C=O) groups excluding carboxylic acids is 1. The van der Waals surface area contributed by atoms with E-state index in [0.29, 0.717) is 11.3 Å². The van der Waals surface area contributed by atoms with Crippen LogP contribution in [0.1, 0.15) is 47.9 Å². The number of hydrogen-bond donors (Lipinski definition) is 1. The van der Waals surface area contributed by atoms with E-state index in [9.17, 15) is 9.59 Å². The highest BCUT2D eigenvalue weighted by Crippen LogP contribution is 2.35. The van der Waals surface area contributed by atoms with Crippen LogP contribution in [0.2, 0.25) is 0 Å². The Bertz CT molecular complexity index is 1130. The third-order valence-corrected chi connectivity index (χ3v) is 6.84. The molecule has 3 aromatic rings. The summed E-state index contributed by atoms with van der Waals surface area (Å²) < 4.78 is 1.46. The Morgan fingerprint density at radius 1 is 1.36 bits per heavy atom. The van der Waals surface area contributed by atoms with Crippen molar-refractivity contribution in [2.24, 2.45) is 5.92 Å². The van der Waals surface area contributed by atoms with E-state index >= 15 is 0 Å². The summed E-state index contributed by atoms with van der Waals surface area (Å²) in [6.45, 7) is 7.98.